The van der Waals surface area contributed by atoms with Crippen LogP contribution in [0.4, 0.5) is 0 Å². The molecule has 0 aromatic heterocycles. The maximum atomic E-state index is 3.63. The fourth-order valence-electron chi connectivity index (χ4n) is 1.84. The minimum Gasteiger partial charge on any atom is -0.313 e. The SMILES string of the molecule is CCCCN(CCNC(C)C(C)C)C(C)CC. The molecule has 0 bridgehead atoms. The molecule has 0 saturated heterocycles. The Morgan fingerprint density at radius 1 is 1.00 bits per heavy atom. The lowest BCUT2D eigenvalue weighted by Gasteiger charge is -2.29. The highest BCUT2D eigenvalue weighted by atomic mass is 15.2. The molecule has 0 fully saturated rings. The van der Waals surface area contributed by atoms with Gasteiger partial charge in [0.1, 0.15) is 0 Å². The van der Waals surface area contributed by atoms with Crippen LogP contribution in [0.1, 0.15) is 60.8 Å². The van der Waals surface area contributed by atoms with Gasteiger partial charge in [-0.05, 0) is 39.2 Å². The molecule has 0 aliphatic rings. The molecule has 2 unspecified atom stereocenters. The van der Waals surface area contributed by atoms with E-state index in [4.69, 9.17) is 0 Å². The van der Waals surface area contributed by atoms with Gasteiger partial charge in [0.25, 0.3) is 0 Å². The molecule has 2 atom stereocenters. The summed E-state index contributed by atoms with van der Waals surface area (Å²) in [5.41, 5.74) is 0. The highest BCUT2D eigenvalue weighted by Gasteiger charge is 2.12. The number of nitrogens with zero attached hydrogens (tertiary/aromatic N) is 1. The predicted molar refractivity (Wildman–Crippen MR) is 78.5 cm³/mol. The van der Waals surface area contributed by atoms with Gasteiger partial charge in [-0.2, -0.15) is 0 Å². The van der Waals surface area contributed by atoms with Crippen LogP contribution in [-0.4, -0.2) is 36.6 Å². The van der Waals surface area contributed by atoms with Crippen LogP contribution in [0.3, 0.4) is 0 Å². The Hall–Kier alpha value is -0.0800. The van der Waals surface area contributed by atoms with Crippen molar-refractivity contribution >= 4 is 0 Å². The molecular weight excluding hydrogens is 208 g/mol. The summed E-state index contributed by atoms with van der Waals surface area (Å²) in [5, 5.41) is 3.63. The molecule has 0 aliphatic heterocycles. The van der Waals surface area contributed by atoms with Gasteiger partial charge in [-0.3, -0.25) is 4.90 Å². The van der Waals surface area contributed by atoms with Crippen LogP contribution in [-0.2, 0) is 0 Å². The van der Waals surface area contributed by atoms with Gasteiger partial charge in [0.05, 0.1) is 0 Å². The Balaban J connectivity index is 3.90. The fraction of sp³-hybridized carbons (Fsp3) is 1.00. The molecule has 0 amide bonds. The molecule has 0 aromatic rings. The van der Waals surface area contributed by atoms with Gasteiger partial charge in [-0.1, -0.05) is 34.1 Å². The van der Waals surface area contributed by atoms with Crippen molar-refractivity contribution in [3.05, 3.63) is 0 Å². The summed E-state index contributed by atoms with van der Waals surface area (Å²) in [6.07, 6.45) is 3.87. The average Bonchev–Trinajstić information content (AvgIpc) is 2.31. The van der Waals surface area contributed by atoms with Gasteiger partial charge in [-0.25, -0.2) is 0 Å². The molecule has 2 heteroatoms. The van der Waals surface area contributed by atoms with Crippen molar-refractivity contribution in [2.45, 2.75) is 72.9 Å². The van der Waals surface area contributed by atoms with E-state index in [1.54, 1.807) is 0 Å². The van der Waals surface area contributed by atoms with Gasteiger partial charge in [-0.15, -0.1) is 0 Å². The number of nitrogens with one attached hydrogen (secondary N) is 1. The van der Waals surface area contributed by atoms with Crippen LogP contribution in [0.25, 0.3) is 0 Å². The first kappa shape index (κ1) is 16.9. The second kappa shape index (κ2) is 9.90. The number of hydrogen-bond donors (Lipinski definition) is 1. The Morgan fingerprint density at radius 2 is 1.65 bits per heavy atom. The number of rotatable bonds is 10. The summed E-state index contributed by atoms with van der Waals surface area (Å²) in [6.45, 7) is 17.3. The lowest BCUT2D eigenvalue weighted by Crippen LogP contribution is -2.41. The third-order valence-electron chi connectivity index (χ3n) is 3.88. The second-order valence-corrected chi connectivity index (χ2v) is 5.63. The zero-order valence-electron chi connectivity index (χ0n) is 12.9. The first-order valence-electron chi connectivity index (χ1n) is 7.50. The van der Waals surface area contributed by atoms with Gasteiger partial charge in [0.15, 0.2) is 0 Å². The summed E-state index contributed by atoms with van der Waals surface area (Å²) < 4.78 is 0. The summed E-state index contributed by atoms with van der Waals surface area (Å²) >= 11 is 0. The van der Waals surface area contributed by atoms with E-state index in [0.717, 1.165) is 18.5 Å². The Kier molecular flexibility index (Phi) is 9.85. The van der Waals surface area contributed by atoms with Crippen molar-refractivity contribution in [2.24, 2.45) is 5.92 Å². The van der Waals surface area contributed by atoms with Gasteiger partial charge < -0.3 is 5.32 Å². The van der Waals surface area contributed by atoms with Gasteiger partial charge in [0, 0.05) is 25.2 Å². The normalized spacial score (nSPS) is 15.5. The maximum absolute atomic E-state index is 3.63. The van der Waals surface area contributed by atoms with Crippen LogP contribution < -0.4 is 5.32 Å². The second-order valence-electron chi connectivity index (χ2n) is 5.63. The van der Waals surface area contributed by atoms with E-state index in [1.165, 1.54) is 32.4 Å². The Labute approximate surface area is 109 Å². The van der Waals surface area contributed by atoms with Crippen molar-refractivity contribution in [3.8, 4) is 0 Å². The van der Waals surface area contributed by atoms with Crippen LogP contribution >= 0.6 is 0 Å². The highest BCUT2D eigenvalue weighted by Crippen LogP contribution is 2.05. The molecule has 0 spiro atoms. The molecule has 0 saturated carbocycles. The van der Waals surface area contributed by atoms with E-state index in [1.807, 2.05) is 0 Å². The highest BCUT2D eigenvalue weighted by molar-refractivity contribution is 4.70. The average molecular weight is 242 g/mol. The zero-order chi connectivity index (χ0) is 13.3. The van der Waals surface area contributed by atoms with E-state index < -0.39 is 0 Å². The fourth-order valence-corrected chi connectivity index (χ4v) is 1.84. The van der Waals surface area contributed by atoms with E-state index in [9.17, 15) is 0 Å². The number of unbranched alkanes of at least 4 members (excludes halogenated alkanes) is 1. The number of hydrogen-bond acceptors (Lipinski definition) is 2. The summed E-state index contributed by atoms with van der Waals surface area (Å²) in [4.78, 5) is 2.63. The predicted octanol–water partition coefficient (Wildman–Crippen LogP) is 3.52. The lowest BCUT2D eigenvalue weighted by atomic mass is 10.1. The minimum atomic E-state index is 0.625. The summed E-state index contributed by atoms with van der Waals surface area (Å²) in [5.74, 6) is 0.725. The Bertz CT molecular complexity index is 168. The molecule has 0 rings (SSSR count). The van der Waals surface area contributed by atoms with Crippen molar-refractivity contribution < 1.29 is 0 Å². The topological polar surface area (TPSA) is 15.3 Å². The molecular formula is C15H34N2. The minimum absolute atomic E-state index is 0.625. The standard InChI is InChI=1S/C15H34N2/c1-7-9-11-17(14(5)8-2)12-10-16-15(6)13(3)4/h13-16H,7-12H2,1-6H3. The third-order valence-corrected chi connectivity index (χ3v) is 3.88. The summed E-state index contributed by atoms with van der Waals surface area (Å²) in [6, 6.07) is 1.35. The molecule has 0 aliphatic carbocycles. The lowest BCUT2D eigenvalue weighted by molar-refractivity contribution is 0.197. The quantitative estimate of drug-likeness (QED) is 0.630. The maximum Gasteiger partial charge on any atom is 0.0110 e. The van der Waals surface area contributed by atoms with Crippen LogP contribution in [0.2, 0.25) is 0 Å². The summed E-state index contributed by atoms with van der Waals surface area (Å²) in [7, 11) is 0. The largest absolute Gasteiger partial charge is 0.313 e. The van der Waals surface area contributed by atoms with E-state index >= 15 is 0 Å². The molecule has 0 heterocycles. The van der Waals surface area contributed by atoms with Gasteiger partial charge >= 0.3 is 0 Å². The van der Waals surface area contributed by atoms with Gasteiger partial charge in [0.2, 0.25) is 0 Å². The molecule has 0 aromatic carbocycles. The van der Waals surface area contributed by atoms with Crippen molar-refractivity contribution in [2.75, 3.05) is 19.6 Å². The monoisotopic (exact) mass is 242 g/mol. The van der Waals surface area contributed by atoms with E-state index in [-0.39, 0.29) is 0 Å². The third kappa shape index (κ3) is 7.77. The van der Waals surface area contributed by atoms with Crippen molar-refractivity contribution in [1.29, 1.82) is 0 Å². The van der Waals surface area contributed by atoms with Crippen LogP contribution in [0, 0.1) is 5.92 Å². The first-order chi connectivity index (χ1) is 8.02. The molecule has 17 heavy (non-hydrogen) atoms. The molecule has 1 N–H and O–H groups in total. The van der Waals surface area contributed by atoms with Crippen LogP contribution in [0.15, 0.2) is 0 Å². The Morgan fingerprint density at radius 3 is 2.12 bits per heavy atom. The molecule has 104 valence electrons. The first-order valence-corrected chi connectivity index (χ1v) is 7.50. The molecule has 0 radical (unpaired) electrons. The smallest absolute Gasteiger partial charge is 0.0110 e. The van der Waals surface area contributed by atoms with E-state index in [0.29, 0.717) is 6.04 Å². The van der Waals surface area contributed by atoms with Crippen molar-refractivity contribution in [1.82, 2.24) is 10.2 Å². The van der Waals surface area contributed by atoms with Crippen molar-refractivity contribution in [3.63, 3.8) is 0 Å². The van der Waals surface area contributed by atoms with Crippen LogP contribution in [0.5, 0.6) is 0 Å². The molecule has 2 nitrogen and oxygen atoms in total. The zero-order valence-corrected chi connectivity index (χ0v) is 12.9. The van der Waals surface area contributed by atoms with E-state index in [2.05, 4.69) is 51.8 Å².